The highest BCUT2D eigenvalue weighted by atomic mass is 16.5. The number of hydrogen-bond donors (Lipinski definition) is 1. The molecule has 0 bridgehead atoms. The number of nitriles is 1. The number of nitrogens with two attached hydrogens (primary N) is 1. The number of primary amides is 1. The number of rotatable bonds is 5. The number of nitrogens with zero attached hydrogens (tertiary/aromatic N) is 3. The van der Waals surface area contributed by atoms with Crippen molar-refractivity contribution in [3.05, 3.63) is 47.9 Å². The Bertz CT molecular complexity index is 1040. The molecule has 3 aromatic rings. The minimum absolute atomic E-state index is 0.0250. The molecule has 0 unspecified atom stereocenters. The van der Waals surface area contributed by atoms with E-state index in [1.807, 2.05) is 0 Å². The summed E-state index contributed by atoms with van der Waals surface area (Å²) in [5, 5.41) is 10.3. The zero-order valence-corrected chi connectivity index (χ0v) is 14.7. The quantitative estimate of drug-likeness (QED) is 0.739. The predicted molar refractivity (Wildman–Crippen MR) is 97.2 cm³/mol. The van der Waals surface area contributed by atoms with Crippen LogP contribution in [0, 0.1) is 11.3 Å². The van der Waals surface area contributed by atoms with Gasteiger partial charge in [-0.15, -0.1) is 0 Å². The Morgan fingerprint density at radius 1 is 1.15 bits per heavy atom. The summed E-state index contributed by atoms with van der Waals surface area (Å²) in [7, 11) is 3.09. The minimum atomic E-state index is -0.867. The summed E-state index contributed by atoms with van der Waals surface area (Å²) < 4.78 is 15.4. The van der Waals surface area contributed by atoms with Crippen LogP contribution in [-0.2, 0) is 11.3 Å². The van der Waals surface area contributed by atoms with Crippen LogP contribution in [0.15, 0.2) is 36.7 Å². The highest BCUT2D eigenvalue weighted by molar-refractivity contribution is 5.98. The molecule has 3 rings (SSSR count). The van der Waals surface area contributed by atoms with Crippen LogP contribution >= 0.6 is 0 Å². The number of benzene rings is 1. The highest BCUT2D eigenvalue weighted by Gasteiger charge is 2.15. The third-order valence-electron chi connectivity index (χ3n) is 3.97. The Morgan fingerprint density at radius 3 is 2.48 bits per heavy atom. The second-order valence-electron chi connectivity index (χ2n) is 5.53. The van der Waals surface area contributed by atoms with Gasteiger partial charge in [-0.2, -0.15) is 5.26 Å². The predicted octanol–water partition coefficient (Wildman–Crippen LogP) is 2.78. The van der Waals surface area contributed by atoms with Crippen LogP contribution in [0.3, 0.4) is 0 Å². The van der Waals surface area contributed by atoms with E-state index >= 15 is 0 Å². The standard InChI is InChI=1S/C19H16N4O4/c1-25-16-5-14-15(6-17(16)26-2)23-9-12(7-20)18(14)11-3-4-13(22-8-11)10-27-19(21)24/h3-6,8-9H,10H2,1-2H3,(H2,21,24). The smallest absolute Gasteiger partial charge is 0.404 e. The van der Waals surface area contributed by atoms with Gasteiger partial charge in [0.25, 0.3) is 0 Å². The van der Waals surface area contributed by atoms with Gasteiger partial charge in [0.2, 0.25) is 0 Å². The molecule has 2 aromatic heterocycles. The molecule has 1 amide bonds. The van der Waals surface area contributed by atoms with E-state index in [9.17, 15) is 10.1 Å². The monoisotopic (exact) mass is 364 g/mol. The summed E-state index contributed by atoms with van der Waals surface area (Å²) in [6.45, 7) is -0.0250. The Balaban J connectivity index is 2.14. The number of fused-ring (bicyclic) bond motifs is 1. The number of ether oxygens (including phenoxy) is 3. The molecule has 0 spiro atoms. The SMILES string of the molecule is COc1cc2ncc(C#N)c(-c3ccc(COC(N)=O)nc3)c2cc1OC. The molecule has 136 valence electrons. The minimum Gasteiger partial charge on any atom is -0.493 e. The second-order valence-corrected chi connectivity index (χ2v) is 5.53. The number of carbonyl (C=O) groups excluding carboxylic acids is 1. The molecule has 2 heterocycles. The van der Waals surface area contributed by atoms with Crippen molar-refractivity contribution in [1.82, 2.24) is 9.97 Å². The maximum Gasteiger partial charge on any atom is 0.404 e. The number of hydrogen-bond acceptors (Lipinski definition) is 7. The molecule has 1 aromatic carbocycles. The van der Waals surface area contributed by atoms with Crippen molar-refractivity contribution in [3.8, 4) is 28.7 Å². The Hall–Kier alpha value is -3.86. The van der Waals surface area contributed by atoms with Crippen LogP contribution < -0.4 is 15.2 Å². The van der Waals surface area contributed by atoms with Crippen LogP contribution in [0.5, 0.6) is 11.5 Å². The van der Waals surface area contributed by atoms with E-state index in [0.717, 1.165) is 5.39 Å². The maximum absolute atomic E-state index is 10.7. The average Bonchev–Trinajstić information content (AvgIpc) is 2.70. The van der Waals surface area contributed by atoms with Crippen molar-refractivity contribution in [2.24, 2.45) is 5.73 Å². The molecule has 0 aliphatic carbocycles. The van der Waals surface area contributed by atoms with Crippen LogP contribution in [0.2, 0.25) is 0 Å². The van der Waals surface area contributed by atoms with Gasteiger partial charge in [0.1, 0.15) is 12.7 Å². The molecule has 0 aliphatic rings. The van der Waals surface area contributed by atoms with Gasteiger partial charge in [-0.1, -0.05) is 6.07 Å². The molecule has 0 saturated carbocycles. The number of methoxy groups -OCH3 is 2. The summed E-state index contributed by atoms with van der Waals surface area (Å²) in [5.74, 6) is 1.08. The van der Waals surface area contributed by atoms with Crippen molar-refractivity contribution in [3.63, 3.8) is 0 Å². The van der Waals surface area contributed by atoms with E-state index in [0.29, 0.717) is 39.4 Å². The average molecular weight is 364 g/mol. The van der Waals surface area contributed by atoms with Crippen LogP contribution in [0.1, 0.15) is 11.3 Å². The largest absolute Gasteiger partial charge is 0.493 e. The summed E-state index contributed by atoms with van der Waals surface area (Å²) >= 11 is 0. The summed E-state index contributed by atoms with van der Waals surface area (Å²) in [6.07, 6.45) is 2.24. The van der Waals surface area contributed by atoms with Crippen LogP contribution in [-0.4, -0.2) is 30.3 Å². The van der Waals surface area contributed by atoms with Crippen molar-refractivity contribution in [2.45, 2.75) is 6.61 Å². The zero-order valence-electron chi connectivity index (χ0n) is 14.7. The normalized spacial score (nSPS) is 10.3. The van der Waals surface area contributed by atoms with E-state index in [1.54, 1.807) is 44.7 Å². The lowest BCUT2D eigenvalue weighted by atomic mass is 9.97. The fourth-order valence-corrected chi connectivity index (χ4v) is 2.72. The first-order valence-corrected chi connectivity index (χ1v) is 7.89. The summed E-state index contributed by atoms with van der Waals surface area (Å²) in [5.41, 5.74) is 7.95. The fourth-order valence-electron chi connectivity index (χ4n) is 2.72. The van der Waals surface area contributed by atoms with Gasteiger partial charge in [-0.25, -0.2) is 4.79 Å². The van der Waals surface area contributed by atoms with Gasteiger partial charge in [0.15, 0.2) is 11.5 Å². The molecule has 8 heteroatoms. The molecule has 27 heavy (non-hydrogen) atoms. The van der Waals surface area contributed by atoms with Crippen molar-refractivity contribution in [1.29, 1.82) is 5.26 Å². The maximum atomic E-state index is 10.7. The van der Waals surface area contributed by atoms with Gasteiger partial charge in [-0.3, -0.25) is 9.97 Å². The number of aromatic nitrogens is 2. The molecule has 0 fully saturated rings. The van der Waals surface area contributed by atoms with Crippen LogP contribution in [0.4, 0.5) is 4.79 Å². The van der Waals surface area contributed by atoms with Crippen LogP contribution in [0.25, 0.3) is 22.0 Å². The fraction of sp³-hybridized carbons (Fsp3) is 0.158. The highest BCUT2D eigenvalue weighted by Crippen LogP contribution is 2.37. The third kappa shape index (κ3) is 3.57. The molecule has 0 radical (unpaired) electrons. The zero-order chi connectivity index (χ0) is 19.4. The summed E-state index contributed by atoms with van der Waals surface area (Å²) in [4.78, 5) is 19.3. The Kier molecular flexibility index (Phi) is 5.04. The van der Waals surface area contributed by atoms with Crippen molar-refractivity contribution in [2.75, 3.05) is 14.2 Å². The number of amides is 1. The first-order chi connectivity index (χ1) is 13.1. The van der Waals surface area contributed by atoms with Gasteiger partial charge in [-0.05, 0) is 12.1 Å². The molecule has 0 saturated heterocycles. The number of carbonyl (C=O) groups is 1. The lowest BCUT2D eigenvalue weighted by Crippen LogP contribution is -2.13. The Morgan fingerprint density at radius 2 is 1.89 bits per heavy atom. The third-order valence-corrected chi connectivity index (χ3v) is 3.97. The first-order valence-electron chi connectivity index (χ1n) is 7.89. The van der Waals surface area contributed by atoms with E-state index < -0.39 is 6.09 Å². The molecule has 0 atom stereocenters. The molecule has 0 aliphatic heterocycles. The van der Waals surface area contributed by atoms with E-state index in [1.165, 1.54) is 6.20 Å². The summed E-state index contributed by atoms with van der Waals surface area (Å²) in [6, 6.07) is 9.18. The van der Waals surface area contributed by atoms with Crippen molar-refractivity contribution >= 4 is 17.0 Å². The lowest BCUT2D eigenvalue weighted by Gasteiger charge is -2.13. The molecular weight excluding hydrogens is 348 g/mol. The second kappa shape index (κ2) is 7.58. The van der Waals surface area contributed by atoms with E-state index in [4.69, 9.17) is 19.9 Å². The number of pyridine rings is 2. The van der Waals surface area contributed by atoms with E-state index in [-0.39, 0.29) is 6.61 Å². The lowest BCUT2D eigenvalue weighted by molar-refractivity contribution is 0.149. The molecule has 2 N–H and O–H groups in total. The van der Waals surface area contributed by atoms with Crippen molar-refractivity contribution < 1.29 is 19.0 Å². The first kappa shape index (κ1) is 17.9. The molecular formula is C19H16N4O4. The van der Waals surface area contributed by atoms with Gasteiger partial charge >= 0.3 is 6.09 Å². The molecule has 8 nitrogen and oxygen atoms in total. The van der Waals surface area contributed by atoms with Gasteiger partial charge in [0, 0.05) is 35.0 Å². The van der Waals surface area contributed by atoms with Gasteiger partial charge < -0.3 is 19.9 Å². The Labute approximate surface area is 155 Å². The van der Waals surface area contributed by atoms with Gasteiger partial charge in [0.05, 0.1) is 31.0 Å². The topological polar surface area (TPSA) is 120 Å². The van der Waals surface area contributed by atoms with E-state index in [2.05, 4.69) is 16.0 Å².